The average Bonchev–Trinajstić information content (AvgIpc) is 2.43. The van der Waals surface area contributed by atoms with Gasteiger partial charge in [0.2, 0.25) is 0 Å². The van der Waals surface area contributed by atoms with E-state index >= 15 is 0 Å². The maximum atomic E-state index is 5.79. The third-order valence-corrected chi connectivity index (χ3v) is 3.44. The van der Waals surface area contributed by atoms with Gasteiger partial charge in [-0.15, -0.1) is 11.3 Å². The van der Waals surface area contributed by atoms with Gasteiger partial charge in [-0.2, -0.15) is 0 Å². The van der Waals surface area contributed by atoms with Gasteiger partial charge in [0.25, 0.3) is 0 Å². The normalized spacial score (nSPS) is 19.5. The monoisotopic (exact) mass is 231 g/mol. The lowest BCUT2D eigenvalue weighted by Gasteiger charge is -2.17. The fourth-order valence-electron chi connectivity index (χ4n) is 1.64. The fourth-order valence-corrected chi connectivity index (χ4v) is 2.66. The van der Waals surface area contributed by atoms with Gasteiger partial charge in [0.1, 0.15) is 0 Å². The molecule has 2 rings (SSSR count). The molecule has 0 spiro atoms. The highest BCUT2D eigenvalue weighted by Crippen LogP contribution is 2.19. The standard InChI is InChI=1S/C9H14ClN3S/c10-9-12-6-8(14-9)7-13-4-1-2-11-3-5-13/h6,11H,1-5,7H2. The Morgan fingerprint density at radius 2 is 2.43 bits per heavy atom. The molecule has 0 atom stereocenters. The van der Waals surface area contributed by atoms with Gasteiger partial charge in [0.15, 0.2) is 4.47 Å². The lowest BCUT2D eigenvalue weighted by Crippen LogP contribution is -2.27. The zero-order valence-electron chi connectivity index (χ0n) is 8.00. The van der Waals surface area contributed by atoms with Crippen molar-refractivity contribution in [1.29, 1.82) is 0 Å². The summed E-state index contributed by atoms with van der Waals surface area (Å²) in [5, 5.41) is 3.39. The summed E-state index contributed by atoms with van der Waals surface area (Å²) in [6, 6.07) is 0. The van der Waals surface area contributed by atoms with Gasteiger partial charge in [-0.3, -0.25) is 4.90 Å². The Morgan fingerprint density at radius 3 is 3.21 bits per heavy atom. The minimum atomic E-state index is 0.646. The van der Waals surface area contributed by atoms with Gasteiger partial charge < -0.3 is 5.32 Å². The van der Waals surface area contributed by atoms with Crippen LogP contribution < -0.4 is 5.32 Å². The molecule has 1 aliphatic rings. The van der Waals surface area contributed by atoms with E-state index in [1.54, 1.807) is 11.3 Å². The quantitative estimate of drug-likeness (QED) is 0.838. The van der Waals surface area contributed by atoms with Crippen LogP contribution in [0.25, 0.3) is 0 Å². The lowest BCUT2D eigenvalue weighted by atomic mass is 10.4. The number of aromatic nitrogens is 1. The molecule has 0 saturated carbocycles. The van der Waals surface area contributed by atoms with E-state index in [1.165, 1.54) is 17.8 Å². The Morgan fingerprint density at radius 1 is 1.50 bits per heavy atom. The molecule has 1 saturated heterocycles. The number of rotatable bonds is 2. The first-order valence-corrected chi connectivity index (χ1v) is 6.07. The molecule has 0 bridgehead atoms. The first kappa shape index (κ1) is 10.4. The summed E-state index contributed by atoms with van der Waals surface area (Å²) in [4.78, 5) is 7.76. The van der Waals surface area contributed by atoms with Crippen LogP contribution in [0.15, 0.2) is 6.20 Å². The Bertz CT molecular complexity index is 281. The van der Waals surface area contributed by atoms with E-state index in [0.29, 0.717) is 4.47 Å². The number of hydrogen-bond donors (Lipinski definition) is 1. The van der Waals surface area contributed by atoms with Crippen molar-refractivity contribution >= 4 is 22.9 Å². The van der Waals surface area contributed by atoms with E-state index in [9.17, 15) is 0 Å². The molecule has 2 heterocycles. The van der Waals surface area contributed by atoms with Gasteiger partial charge in [-0.25, -0.2) is 4.98 Å². The minimum Gasteiger partial charge on any atom is -0.315 e. The van der Waals surface area contributed by atoms with Crippen LogP contribution in [0.5, 0.6) is 0 Å². The zero-order chi connectivity index (χ0) is 9.80. The van der Waals surface area contributed by atoms with Crippen LogP contribution in [0.4, 0.5) is 0 Å². The molecule has 14 heavy (non-hydrogen) atoms. The molecule has 1 aliphatic heterocycles. The summed E-state index contributed by atoms with van der Waals surface area (Å²) in [6.07, 6.45) is 3.11. The second-order valence-corrected chi connectivity index (χ2v) is 5.16. The smallest absolute Gasteiger partial charge is 0.183 e. The number of halogens is 1. The van der Waals surface area contributed by atoms with E-state index < -0.39 is 0 Å². The van der Waals surface area contributed by atoms with Crippen LogP contribution in [0.2, 0.25) is 4.47 Å². The van der Waals surface area contributed by atoms with Crippen LogP contribution in [-0.4, -0.2) is 36.1 Å². The topological polar surface area (TPSA) is 28.2 Å². The first-order chi connectivity index (χ1) is 6.84. The molecule has 0 unspecified atom stereocenters. The summed E-state index contributed by atoms with van der Waals surface area (Å²) in [7, 11) is 0. The van der Waals surface area contributed by atoms with E-state index in [4.69, 9.17) is 11.6 Å². The van der Waals surface area contributed by atoms with Gasteiger partial charge in [-0.05, 0) is 19.5 Å². The van der Waals surface area contributed by atoms with Gasteiger partial charge >= 0.3 is 0 Å². The van der Waals surface area contributed by atoms with Crippen molar-refractivity contribution in [1.82, 2.24) is 15.2 Å². The maximum absolute atomic E-state index is 5.79. The summed E-state index contributed by atoms with van der Waals surface area (Å²) in [6.45, 7) is 5.51. The molecule has 5 heteroatoms. The molecule has 1 fully saturated rings. The van der Waals surface area contributed by atoms with Crippen LogP contribution >= 0.6 is 22.9 Å². The van der Waals surface area contributed by atoms with Crippen molar-refractivity contribution in [2.45, 2.75) is 13.0 Å². The predicted molar refractivity (Wildman–Crippen MR) is 59.9 cm³/mol. The van der Waals surface area contributed by atoms with E-state index in [1.807, 2.05) is 6.20 Å². The molecule has 3 nitrogen and oxygen atoms in total. The van der Waals surface area contributed by atoms with Crippen molar-refractivity contribution in [2.75, 3.05) is 26.2 Å². The lowest BCUT2D eigenvalue weighted by molar-refractivity contribution is 0.287. The Labute approximate surface area is 93.1 Å². The van der Waals surface area contributed by atoms with E-state index in [2.05, 4.69) is 15.2 Å². The van der Waals surface area contributed by atoms with E-state index in [0.717, 1.165) is 26.2 Å². The summed E-state index contributed by atoms with van der Waals surface area (Å²) < 4.78 is 0.646. The minimum absolute atomic E-state index is 0.646. The Balaban J connectivity index is 1.89. The van der Waals surface area contributed by atoms with Gasteiger partial charge in [0, 0.05) is 30.7 Å². The molecule has 78 valence electrons. The van der Waals surface area contributed by atoms with E-state index in [-0.39, 0.29) is 0 Å². The zero-order valence-corrected chi connectivity index (χ0v) is 9.57. The molecule has 0 aromatic carbocycles. The first-order valence-electron chi connectivity index (χ1n) is 4.88. The predicted octanol–water partition coefficient (Wildman–Crippen LogP) is 1.59. The number of thiazole rings is 1. The fraction of sp³-hybridized carbons (Fsp3) is 0.667. The summed E-state index contributed by atoms with van der Waals surface area (Å²) in [5.74, 6) is 0. The molecule has 1 aromatic heterocycles. The average molecular weight is 232 g/mol. The van der Waals surface area contributed by atoms with Crippen molar-refractivity contribution < 1.29 is 0 Å². The van der Waals surface area contributed by atoms with Crippen molar-refractivity contribution in [3.63, 3.8) is 0 Å². The third kappa shape index (κ3) is 2.92. The Kier molecular flexibility index (Phi) is 3.75. The van der Waals surface area contributed by atoms with Crippen LogP contribution in [-0.2, 0) is 6.54 Å². The van der Waals surface area contributed by atoms with Crippen LogP contribution in [0.1, 0.15) is 11.3 Å². The van der Waals surface area contributed by atoms with Crippen molar-refractivity contribution in [3.05, 3.63) is 15.5 Å². The molecule has 1 N–H and O–H groups in total. The number of hydrogen-bond acceptors (Lipinski definition) is 4. The molecule has 0 aliphatic carbocycles. The molecular formula is C9H14ClN3S. The number of nitrogens with one attached hydrogen (secondary N) is 1. The van der Waals surface area contributed by atoms with Gasteiger partial charge in [-0.1, -0.05) is 11.6 Å². The molecule has 0 amide bonds. The molecule has 1 aromatic rings. The van der Waals surface area contributed by atoms with Crippen LogP contribution in [0, 0.1) is 0 Å². The molecule has 0 radical (unpaired) electrons. The second kappa shape index (κ2) is 5.07. The summed E-state index contributed by atoms with van der Waals surface area (Å²) in [5.41, 5.74) is 0. The number of nitrogens with zero attached hydrogens (tertiary/aromatic N) is 2. The largest absolute Gasteiger partial charge is 0.315 e. The second-order valence-electron chi connectivity index (χ2n) is 3.46. The highest BCUT2D eigenvalue weighted by atomic mass is 35.5. The highest BCUT2D eigenvalue weighted by Gasteiger charge is 2.10. The maximum Gasteiger partial charge on any atom is 0.183 e. The van der Waals surface area contributed by atoms with Crippen molar-refractivity contribution in [2.24, 2.45) is 0 Å². The Hall–Kier alpha value is -0.160. The SMILES string of the molecule is Clc1ncc(CN2CCCNCC2)s1. The molecular weight excluding hydrogens is 218 g/mol. The van der Waals surface area contributed by atoms with Crippen molar-refractivity contribution in [3.8, 4) is 0 Å². The third-order valence-electron chi connectivity index (χ3n) is 2.34. The highest BCUT2D eigenvalue weighted by molar-refractivity contribution is 7.15. The summed E-state index contributed by atoms with van der Waals surface area (Å²) >= 11 is 7.37. The van der Waals surface area contributed by atoms with Gasteiger partial charge in [0.05, 0.1) is 0 Å². The van der Waals surface area contributed by atoms with Crippen LogP contribution in [0.3, 0.4) is 0 Å².